The van der Waals surface area contributed by atoms with Crippen molar-refractivity contribution in [3.63, 3.8) is 0 Å². The Morgan fingerprint density at radius 1 is 1.25 bits per heavy atom. The molecule has 2 aromatic rings. The van der Waals surface area contributed by atoms with Crippen LogP contribution in [0.5, 0.6) is 5.75 Å². The Bertz CT molecular complexity index is 590. The van der Waals surface area contributed by atoms with Crippen LogP contribution >= 0.6 is 0 Å². The molecule has 0 bridgehead atoms. The number of ether oxygens (including phenoxy) is 1. The van der Waals surface area contributed by atoms with E-state index in [0.29, 0.717) is 5.56 Å². The number of pyridine rings is 1. The van der Waals surface area contributed by atoms with Crippen LogP contribution in [-0.4, -0.2) is 19.1 Å². The number of hydrogen-bond acceptors (Lipinski definition) is 3. The quantitative estimate of drug-likeness (QED) is 0.913. The van der Waals surface area contributed by atoms with Crippen molar-refractivity contribution >= 4 is 0 Å². The summed E-state index contributed by atoms with van der Waals surface area (Å²) in [6.07, 6.45) is 1.80. The van der Waals surface area contributed by atoms with Gasteiger partial charge in [-0.15, -0.1) is 0 Å². The molecule has 3 nitrogen and oxygen atoms in total. The molecule has 1 atom stereocenters. The zero-order valence-corrected chi connectivity index (χ0v) is 11.4. The first-order valence-corrected chi connectivity index (χ1v) is 6.26. The predicted octanol–water partition coefficient (Wildman–Crippen LogP) is 2.87. The van der Waals surface area contributed by atoms with Crippen molar-refractivity contribution in [2.75, 3.05) is 14.2 Å². The summed E-state index contributed by atoms with van der Waals surface area (Å²) in [5.41, 5.74) is 0.728. The monoisotopic (exact) mass is 278 g/mol. The summed E-state index contributed by atoms with van der Waals surface area (Å²) in [5, 5.41) is 2.96. The van der Waals surface area contributed by atoms with E-state index in [4.69, 9.17) is 4.74 Å². The Hall–Kier alpha value is -2.01. The molecule has 0 saturated carbocycles. The molecule has 0 saturated heterocycles. The van der Waals surface area contributed by atoms with Gasteiger partial charge in [-0.1, -0.05) is 12.1 Å². The van der Waals surface area contributed by atoms with Crippen LogP contribution in [0.25, 0.3) is 0 Å². The van der Waals surface area contributed by atoms with E-state index in [1.807, 2.05) is 0 Å². The molecule has 106 valence electrons. The third kappa shape index (κ3) is 2.93. The Morgan fingerprint density at radius 2 is 2.05 bits per heavy atom. The van der Waals surface area contributed by atoms with E-state index >= 15 is 0 Å². The molecule has 1 unspecified atom stereocenters. The first kappa shape index (κ1) is 14.4. The SMILES string of the molecule is CNC(Cc1cccc(OC)c1F)c1ncccc1F. The van der Waals surface area contributed by atoms with Crippen molar-refractivity contribution in [2.24, 2.45) is 0 Å². The number of nitrogens with one attached hydrogen (secondary N) is 1. The average molecular weight is 278 g/mol. The second-order valence-electron chi connectivity index (χ2n) is 4.35. The lowest BCUT2D eigenvalue weighted by Crippen LogP contribution is -2.21. The Balaban J connectivity index is 2.30. The molecular weight excluding hydrogens is 262 g/mol. The Morgan fingerprint density at radius 3 is 2.70 bits per heavy atom. The molecular formula is C15H16F2N2O. The van der Waals surface area contributed by atoms with Gasteiger partial charge in [-0.2, -0.15) is 0 Å². The van der Waals surface area contributed by atoms with Crippen molar-refractivity contribution in [1.82, 2.24) is 10.3 Å². The van der Waals surface area contributed by atoms with Gasteiger partial charge in [0.05, 0.1) is 18.8 Å². The summed E-state index contributed by atoms with van der Waals surface area (Å²) in [6.45, 7) is 0. The maximum atomic E-state index is 14.1. The number of halogens is 2. The lowest BCUT2D eigenvalue weighted by atomic mass is 10.0. The van der Waals surface area contributed by atoms with E-state index < -0.39 is 17.7 Å². The van der Waals surface area contributed by atoms with Crippen LogP contribution in [0.3, 0.4) is 0 Å². The maximum Gasteiger partial charge on any atom is 0.168 e. The lowest BCUT2D eigenvalue weighted by Gasteiger charge is -2.17. The van der Waals surface area contributed by atoms with Gasteiger partial charge >= 0.3 is 0 Å². The van der Waals surface area contributed by atoms with Gasteiger partial charge in [0, 0.05) is 6.20 Å². The van der Waals surface area contributed by atoms with E-state index in [1.54, 1.807) is 25.2 Å². The highest BCUT2D eigenvalue weighted by Crippen LogP contribution is 2.25. The summed E-state index contributed by atoms with van der Waals surface area (Å²) in [4.78, 5) is 4.03. The number of likely N-dealkylation sites (N-methyl/N-ethyl adjacent to an activating group) is 1. The van der Waals surface area contributed by atoms with Crippen LogP contribution in [0.4, 0.5) is 8.78 Å². The average Bonchev–Trinajstić information content (AvgIpc) is 2.47. The fourth-order valence-corrected chi connectivity index (χ4v) is 2.08. The fourth-order valence-electron chi connectivity index (χ4n) is 2.08. The van der Waals surface area contributed by atoms with Gasteiger partial charge in [-0.05, 0) is 37.2 Å². The van der Waals surface area contributed by atoms with Gasteiger partial charge in [0.1, 0.15) is 5.82 Å². The number of nitrogens with zero attached hydrogens (tertiary/aromatic N) is 1. The van der Waals surface area contributed by atoms with E-state index in [0.717, 1.165) is 0 Å². The molecule has 0 aliphatic rings. The van der Waals surface area contributed by atoms with Gasteiger partial charge in [0.2, 0.25) is 0 Å². The fraction of sp³-hybridized carbons (Fsp3) is 0.267. The van der Waals surface area contributed by atoms with Gasteiger partial charge in [-0.3, -0.25) is 4.98 Å². The maximum absolute atomic E-state index is 14.1. The van der Waals surface area contributed by atoms with Crippen LogP contribution in [-0.2, 0) is 6.42 Å². The summed E-state index contributed by atoms with van der Waals surface area (Å²) >= 11 is 0. The molecule has 0 aliphatic heterocycles. The molecule has 1 N–H and O–H groups in total. The molecule has 0 amide bonds. The smallest absolute Gasteiger partial charge is 0.168 e. The minimum Gasteiger partial charge on any atom is -0.494 e. The highest BCUT2D eigenvalue weighted by atomic mass is 19.1. The van der Waals surface area contributed by atoms with Crippen molar-refractivity contribution < 1.29 is 13.5 Å². The first-order chi connectivity index (χ1) is 9.67. The molecule has 0 spiro atoms. The summed E-state index contributed by atoms with van der Waals surface area (Å²) < 4.78 is 32.8. The first-order valence-electron chi connectivity index (χ1n) is 6.26. The van der Waals surface area contributed by atoms with Crippen molar-refractivity contribution in [2.45, 2.75) is 12.5 Å². The summed E-state index contributed by atoms with van der Waals surface area (Å²) in [6, 6.07) is 7.38. The number of hydrogen-bond donors (Lipinski definition) is 1. The largest absolute Gasteiger partial charge is 0.494 e. The predicted molar refractivity (Wildman–Crippen MR) is 72.7 cm³/mol. The van der Waals surface area contributed by atoms with E-state index in [9.17, 15) is 8.78 Å². The van der Waals surface area contributed by atoms with E-state index in [-0.39, 0.29) is 17.9 Å². The number of aromatic nitrogens is 1. The van der Waals surface area contributed by atoms with Gasteiger partial charge in [0.15, 0.2) is 11.6 Å². The highest BCUT2D eigenvalue weighted by Gasteiger charge is 2.18. The highest BCUT2D eigenvalue weighted by molar-refractivity contribution is 5.32. The number of rotatable bonds is 5. The minimum atomic E-state index is -0.424. The summed E-state index contributed by atoms with van der Waals surface area (Å²) in [7, 11) is 3.10. The third-order valence-corrected chi connectivity index (χ3v) is 3.15. The molecule has 5 heteroatoms. The zero-order chi connectivity index (χ0) is 14.5. The molecule has 1 aromatic carbocycles. The second-order valence-corrected chi connectivity index (χ2v) is 4.35. The van der Waals surface area contributed by atoms with Gasteiger partial charge in [0.25, 0.3) is 0 Å². The molecule has 20 heavy (non-hydrogen) atoms. The topological polar surface area (TPSA) is 34.1 Å². The minimum absolute atomic E-state index is 0.179. The number of methoxy groups -OCH3 is 1. The van der Waals surface area contributed by atoms with Crippen LogP contribution in [0.1, 0.15) is 17.3 Å². The molecule has 1 aromatic heterocycles. The molecule has 2 rings (SSSR count). The van der Waals surface area contributed by atoms with Crippen LogP contribution < -0.4 is 10.1 Å². The molecule has 1 heterocycles. The van der Waals surface area contributed by atoms with Gasteiger partial charge < -0.3 is 10.1 Å². The lowest BCUT2D eigenvalue weighted by molar-refractivity contribution is 0.382. The molecule has 0 radical (unpaired) electrons. The molecule has 0 aliphatic carbocycles. The number of benzene rings is 1. The van der Waals surface area contributed by atoms with Crippen LogP contribution in [0, 0.1) is 11.6 Å². The van der Waals surface area contributed by atoms with Crippen molar-refractivity contribution in [1.29, 1.82) is 0 Å². The standard InChI is InChI=1S/C15H16F2N2O/c1-18-12(15-11(16)6-4-8-19-15)9-10-5-3-7-13(20-2)14(10)17/h3-8,12,18H,9H2,1-2H3. The Labute approximate surface area is 116 Å². The van der Waals surface area contributed by atoms with Crippen molar-refractivity contribution in [3.8, 4) is 5.75 Å². The third-order valence-electron chi connectivity index (χ3n) is 3.15. The second kappa shape index (κ2) is 6.43. The summed E-state index contributed by atoms with van der Waals surface area (Å²) in [5.74, 6) is -0.652. The van der Waals surface area contributed by atoms with E-state index in [1.165, 1.54) is 25.4 Å². The molecule has 0 fully saturated rings. The van der Waals surface area contributed by atoms with Crippen LogP contribution in [0.2, 0.25) is 0 Å². The van der Waals surface area contributed by atoms with Gasteiger partial charge in [-0.25, -0.2) is 8.78 Å². The van der Waals surface area contributed by atoms with E-state index in [2.05, 4.69) is 10.3 Å². The normalized spacial score (nSPS) is 12.2. The zero-order valence-electron chi connectivity index (χ0n) is 11.4. The van der Waals surface area contributed by atoms with Crippen molar-refractivity contribution in [3.05, 3.63) is 59.4 Å². The Kier molecular flexibility index (Phi) is 4.63. The van der Waals surface area contributed by atoms with Crippen LogP contribution in [0.15, 0.2) is 36.5 Å².